The van der Waals surface area contributed by atoms with Crippen molar-refractivity contribution in [3.63, 3.8) is 0 Å². The smallest absolute Gasteiger partial charge is 0.0932 e. The monoisotopic (exact) mass is 811 g/mol. The molecule has 0 aliphatic carbocycles. The molecule has 6 heterocycles. The van der Waals surface area contributed by atoms with E-state index in [9.17, 15) is 0 Å². The number of benzene rings is 1. The van der Waals surface area contributed by atoms with Gasteiger partial charge in [-0.25, -0.2) is 14.0 Å². The van der Waals surface area contributed by atoms with Gasteiger partial charge < -0.3 is 0 Å². The van der Waals surface area contributed by atoms with Crippen LogP contribution in [0.2, 0.25) is 0 Å². The molecule has 5 aromatic heterocycles. The van der Waals surface area contributed by atoms with Gasteiger partial charge in [0.05, 0.1) is 53.4 Å². The van der Waals surface area contributed by atoms with E-state index in [0.29, 0.717) is 53.8 Å². The second kappa shape index (κ2) is 22.4. The number of hydrogen-bond donors (Lipinski definition) is 0. The predicted molar refractivity (Wildman–Crippen MR) is 239 cm³/mol. The fourth-order valence-corrected chi connectivity index (χ4v) is 5.50. The molecule has 1 aromatic carbocycles. The van der Waals surface area contributed by atoms with Crippen molar-refractivity contribution in [2.75, 3.05) is 0 Å². The molecule has 1 aliphatic rings. The third-order valence-corrected chi connectivity index (χ3v) is 9.59. The van der Waals surface area contributed by atoms with Crippen LogP contribution in [-0.2, 0) is 6.54 Å². The molecule has 0 fully saturated rings. The van der Waals surface area contributed by atoms with E-state index in [1.165, 1.54) is 22.4 Å². The zero-order valence-electron chi connectivity index (χ0n) is 39.4. The lowest BCUT2D eigenvalue weighted by atomic mass is 10.0. The zero-order valence-corrected chi connectivity index (χ0v) is 39.4. The molecule has 1 aliphatic heterocycles. The summed E-state index contributed by atoms with van der Waals surface area (Å²) in [6, 6.07) is 10.1. The molecule has 6 aromatic rings. The van der Waals surface area contributed by atoms with Crippen LogP contribution in [0.25, 0.3) is 11.3 Å². The molecule has 0 radical (unpaired) electrons. The fraction of sp³-hybridized carbons (Fsp3) is 0.622. The molecule has 0 bridgehead atoms. The maximum absolute atomic E-state index is 4.31. The third-order valence-electron chi connectivity index (χ3n) is 9.59. The number of fused-ring (bicyclic) bond motifs is 3. The first kappa shape index (κ1) is 48.4. The minimum Gasteiger partial charge on any atom is -0.270 e. The maximum atomic E-state index is 4.31. The molecule has 0 saturated carbocycles. The minimum atomic E-state index is 0.363. The Bertz CT molecular complexity index is 1790. The molecular formula is C45H74N14. The Morgan fingerprint density at radius 1 is 0.475 bits per heavy atom. The van der Waals surface area contributed by atoms with Crippen LogP contribution in [0.1, 0.15) is 212 Å². The molecule has 0 amide bonds. The van der Waals surface area contributed by atoms with Crippen LogP contribution in [0.15, 0.2) is 55.2 Å². The van der Waals surface area contributed by atoms with Crippen molar-refractivity contribution in [3.05, 3.63) is 89.2 Å². The van der Waals surface area contributed by atoms with Gasteiger partial charge in [0.1, 0.15) is 0 Å². The number of hydrogen-bond acceptors (Lipinski definition) is 9. The van der Waals surface area contributed by atoms with E-state index in [4.69, 9.17) is 0 Å². The first-order valence-corrected chi connectivity index (χ1v) is 21.5. The quantitative estimate of drug-likeness (QED) is 0.139. The second-order valence-electron chi connectivity index (χ2n) is 17.9. The first-order valence-electron chi connectivity index (χ1n) is 21.5. The molecule has 0 atom stereocenters. The summed E-state index contributed by atoms with van der Waals surface area (Å²) in [5.41, 5.74) is 9.49. The van der Waals surface area contributed by atoms with Crippen molar-refractivity contribution in [2.24, 2.45) is 0 Å². The van der Waals surface area contributed by atoms with E-state index in [-0.39, 0.29) is 0 Å². The molecule has 14 heteroatoms. The lowest BCUT2D eigenvalue weighted by Crippen LogP contribution is -2.05. The van der Waals surface area contributed by atoms with E-state index >= 15 is 0 Å². The number of aromatic nitrogens is 14. The van der Waals surface area contributed by atoms with Crippen molar-refractivity contribution in [3.8, 4) is 11.3 Å². The van der Waals surface area contributed by atoms with Gasteiger partial charge >= 0.3 is 0 Å². The van der Waals surface area contributed by atoms with Crippen LogP contribution < -0.4 is 0 Å². The van der Waals surface area contributed by atoms with Crippen LogP contribution >= 0.6 is 0 Å². The minimum absolute atomic E-state index is 0.363. The Morgan fingerprint density at radius 3 is 1.36 bits per heavy atom. The fourth-order valence-electron chi connectivity index (χ4n) is 5.50. The van der Waals surface area contributed by atoms with Crippen LogP contribution in [0.3, 0.4) is 0 Å². The molecule has 0 spiro atoms. The third kappa shape index (κ3) is 14.1. The van der Waals surface area contributed by atoms with Gasteiger partial charge in [-0.2, -0.15) is 20.1 Å². The van der Waals surface area contributed by atoms with Crippen LogP contribution in [0.5, 0.6) is 0 Å². The highest BCUT2D eigenvalue weighted by Gasteiger charge is 2.25. The van der Waals surface area contributed by atoms with Gasteiger partial charge in [0.2, 0.25) is 0 Å². The molecule has 0 unspecified atom stereocenters. The summed E-state index contributed by atoms with van der Waals surface area (Å²) in [7, 11) is 0. The van der Waals surface area contributed by atoms with E-state index in [2.05, 4.69) is 201 Å². The van der Waals surface area contributed by atoms with Crippen molar-refractivity contribution in [1.82, 2.24) is 69.8 Å². The van der Waals surface area contributed by atoms with Crippen molar-refractivity contribution < 1.29 is 0 Å². The van der Waals surface area contributed by atoms with E-state index in [0.717, 1.165) is 29.3 Å². The molecule has 14 nitrogen and oxygen atoms in total. The zero-order chi connectivity index (χ0) is 44.1. The van der Waals surface area contributed by atoms with Gasteiger partial charge in [-0.05, 0) is 96.1 Å². The number of nitrogens with zero attached hydrogens (tertiary/aromatic N) is 14. The maximum Gasteiger partial charge on any atom is 0.0932 e. The standard InChI is InChI=1S/C12H13N3.C9H16N2.3C8H15N3/c1-8(2)11-12-10-6-4-3-5-9(10)7-15(12)14-13-11;1-7(2)9-5-10-11(6-9)8(3)4;2*1-6(2)8-5-11(7(3)4)10-9-8;1-6(2)8-5-9-11(10-8)7(3)4/h3-6,8H,7H2,1-2H3;5-8H,1-4H3;3*5-7H,1-4H3. The average molecular weight is 811 g/mol. The Morgan fingerprint density at radius 2 is 1.00 bits per heavy atom. The highest BCUT2D eigenvalue weighted by Crippen LogP contribution is 2.35. The summed E-state index contributed by atoms with van der Waals surface area (Å²) in [4.78, 5) is 1.75. The van der Waals surface area contributed by atoms with Crippen LogP contribution in [0.4, 0.5) is 0 Å². The van der Waals surface area contributed by atoms with Gasteiger partial charge in [0.15, 0.2) is 0 Å². The lowest BCUT2D eigenvalue weighted by molar-refractivity contribution is 0.461. The Kier molecular flexibility index (Phi) is 18.3. The molecule has 0 N–H and O–H groups in total. The topological polar surface area (TPSA) is 141 Å². The van der Waals surface area contributed by atoms with Gasteiger partial charge in [0, 0.05) is 42.3 Å². The van der Waals surface area contributed by atoms with Gasteiger partial charge in [0.25, 0.3) is 0 Å². The summed E-state index contributed by atoms with van der Waals surface area (Å²) in [6.45, 7) is 39.1. The summed E-state index contributed by atoms with van der Waals surface area (Å²) < 4.78 is 7.76. The average Bonchev–Trinajstić information content (AvgIpc) is 4.02. The summed E-state index contributed by atoms with van der Waals surface area (Å²) in [5, 5.41) is 37.3. The largest absolute Gasteiger partial charge is 0.270 e. The Balaban J connectivity index is 0.000000199. The summed E-state index contributed by atoms with van der Waals surface area (Å²) >= 11 is 0. The second-order valence-corrected chi connectivity index (χ2v) is 17.9. The van der Waals surface area contributed by atoms with Crippen LogP contribution in [-0.4, -0.2) is 69.8 Å². The number of rotatable bonds is 9. The molecular weight excluding hydrogens is 737 g/mol. The van der Waals surface area contributed by atoms with E-state index < -0.39 is 0 Å². The normalized spacial score (nSPS) is 11.8. The van der Waals surface area contributed by atoms with Crippen LogP contribution in [0, 0.1) is 0 Å². The highest BCUT2D eigenvalue weighted by molar-refractivity contribution is 5.69. The molecule has 7 rings (SSSR count). The highest BCUT2D eigenvalue weighted by atomic mass is 15.5. The molecule has 324 valence electrons. The van der Waals surface area contributed by atoms with Gasteiger partial charge in [-0.1, -0.05) is 109 Å². The van der Waals surface area contributed by atoms with E-state index in [1.54, 1.807) is 4.80 Å². The Hall–Kier alpha value is -5.01. The summed E-state index contributed by atoms with van der Waals surface area (Å²) in [5.74, 6) is 2.44. The molecule has 0 saturated heterocycles. The SMILES string of the molecule is CC(C)c1cn(C(C)C)nn1.CC(C)c1cn(C(C)C)nn1.CC(C)c1cnn(C(C)C)c1.CC(C)c1cnn(C(C)C)n1.CC(C)c1nnn2c1-c1ccccc1C2. The lowest BCUT2D eigenvalue weighted by Gasteiger charge is -2.03. The first-order chi connectivity index (χ1) is 27.7. The van der Waals surface area contributed by atoms with Crippen molar-refractivity contribution >= 4 is 0 Å². The van der Waals surface area contributed by atoms with E-state index in [1.807, 2.05) is 43.5 Å². The summed E-state index contributed by atoms with van der Waals surface area (Å²) in [6.07, 6.45) is 9.93. The predicted octanol–water partition coefficient (Wildman–Crippen LogP) is 11.0. The Labute approximate surface area is 354 Å². The molecule has 59 heavy (non-hydrogen) atoms. The van der Waals surface area contributed by atoms with Gasteiger partial charge in [-0.15, -0.1) is 15.3 Å². The van der Waals surface area contributed by atoms with Gasteiger partial charge in [-0.3, -0.25) is 4.68 Å². The van der Waals surface area contributed by atoms with Crippen molar-refractivity contribution in [2.45, 2.75) is 185 Å². The van der Waals surface area contributed by atoms with Crippen molar-refractivity contribution in [1.29, 1.82) is 0 Å².